The van der Waals surface area contributed by atoms with Crippen LogP contribution in [0, 0.1) is 3.57 Å². The van der Waals surface area contributed by atoms with Gasteiger partial charge in [0.2, 0.25) is 0 Å². The fourth-order valence-corrected chi connectivity index (χ4v) is 4.17. The smallest absolute Gasteiger partial charge is 0.261 e. The largest absolute Gasteiger partial charge is 0.381 e. The molecule has 2 rings (SSSR count). The molecule has 0 aliphatic rings. The predicted molar refractivity (Wildman–Crippen MR) is 111 cm³/mol. The Morgan fingerprint density at radius 3 is 2.19 bits per heavy atom. The van der Waals surface area contributed by atoms with Crippen molar-refractivity contribution in [3.63, 3.8) is 0 Å². The Morgan fingerprint density at radius 2 is 1.65 bits per heavy atom. The summed E-state index contributed by atoms with van der Waals surface area (Å²) in [6.45, 7) is 2.65. The molecule has 0 radical (unpaired) electrons. The van der Waals surface area contributed by atoms with Gasteiger partial charge in [0.1, 0.15) is 5.60 Å². The molecule has 6 nitrogen and oxygen atoms in total. The van der Waals surface area contributed by atoms with Crippen molar-refractivity contribution in [2.75, 3.05) is 10.0 Å². The van der Waals surface area contributed by atoms with Crippen LogP contribution in [0.4, 0.5) is 11.4 Å². The number of nitrogens with one attached hydrogen (secondary N) is 2. The lowest BCUT2D eigenvalue weighted by Gasteiger charge is -2.17. The van der Waals surface area contributed by atoms with Gasteiger partial charge in [0.25, 0.3) is 15.9 Å². The van der Waals surface area contributed by atoms with Gasteiger partial charge in [-0.2, -0.15) is 0 Å². The highest BCUT2D eigenvalue weighted by Crippen LogP contribution is 2.29. The number of benzene rings is 2. The van der Waals surface area contributed by atoms with Gasteiger partial charge in [-0.3, -0.25) is 9.52 Å². The van der Waals surface area contributed by atoms with Gasteiger partial charge in [-0.05, 0) is 72.8 Å². The van der Waals surface area contributed by atoms with Crippen molar-refractivity contribution in [2.45, 2.75) is 24.3 Å². The standard InChI is InChI=1S/C16H15Cl2IN2O4S/c1-16(2,23)15(22)20-13-6-4-10(8-12(13)18)26(24,25)21-14-5-3-9(19)7-11(14)17/h3-8,21,23H,1-2H3,(H,20,22). The van der Waals surface area contributed by atoms with E-state index >= 15 is 0 Å². The summed E-state index contributed by atoms with van der Waals surface area (Å²) in [6.07, 6.45) is 0. The Bertz CT molecular complexity index is 959. The van der Waals surface area contributed by atoms with Crippen molar-refractivity contribution in [2.24, 2.45) is 0 Å². The Kier molecular flexibility index (Phi) is 6.44. The first-order valence-electron chi connectivity index (χ1n) is 7.21. The van der Waals surface area contributed by atoms with Gasteiger partial charge in [0.15, 0.2) is 0 Å². The number of rotatable bonds is 5. The van der Waals surface area contributed by atoms with Crippen molar-refractivity contribution >= 4 is 73.1 Å². The summed E-state index contributed by atoms with van der Waals surface area (Å²) in [5.41, 5.74) is -1.18. The Balaban J connectivity index is 2.28. The molecule has 0 heterocycles. The zero-order valence-electron chi connectivity index (χ0n) is 13.7. The fourth-order valence-electron chi connectivity index (χ4n) is 1.82. The van der Waals surface area contributed by atoms with Crippen LogP contribution < -0.4 is 10.0 Å². The number of carbonyl (C=O) groups excluding carboxylic acids is 1. The van der Waals surface area contributed by atoms with Crippen LogP contribution in [0.2, 0.25) is 10.0 Å². The van der Waals surface area contributed by atoms with Crippen LogP contribution in [0.1, 0.15) is 13.8 Å². The van der Waals surface area contributed by atoms with Gasteiger partial charge in [-0.15, -0.1) is 0 Å². The van der Waals surface area contributed by atoms with E-state index in [0.717, 1.165) is 3.57 Å². The van der Waals surface area contributed by atoms with Gasteiger partial charge in [0.05, 0.1) is 26.3 Å². The molecule has 0 saturated carbocycles. The lowest BCUT2D eigenvalue weighted by Crippen LogP contribution is -2.36. The number of sulfonamides is 1. The third-order valence-corrected chi connectivity index (χ3v) is 5.89. The highest BCUT2D eigenvalue weighted by Gasteiger charge is 2.25. The maximum atomic E-state index is 12.5. The zero-order valence-corrected chi connectivity index (χ0v) is 18.2. The Morgan fingerprint density at radius 1 is 1.08 bits per heavy atom. The molecule has 2 aromatic rings. The highest BCUT2D eigenvalue weighted by molar-refractivity contribution is 14.1. The first-order valence-corrected chi connectivity index (χ1v) is 10.5. The molecule has 10 heteroatoms. The summed E-state index contributed by atoms with van der Waals surface area (Å²) in [6, 6.07) is 8.73. The molecule has 0 aromatic heterocycles. The monoisotopic (exact) mass is 528 g/mol. The summed E-state index contributed by atoms with van der Waals surface area (Å²) in [4.78, 5) is 11.7. The van der Waals surface area contributed by atoms with Gasteiger partial charge in [-0.25, -0.2) is 8.42 Å². The van der Waals surface area contributed by atoms with E-state index < -0.39 is 21.5 Å². The van der Waals surface area contributed by atoms with Crippen molar-refractivity contribution in [1.29, 1.82) is 0 Å². The molecular formula is C16H15Cl2IN2O4S. The molecule has 0 unspecified atom stereocenters. The summed E-state index contributed by atoms with van der Waals surface area (Å²) in [5.74, 6) is -0.668. The van der Waals surface area contributed by atoms with E-state index in [4.69, 9.17) is 23.2 Å². The second-order valence-electron chi connectivity index (χ2n) is 5.88. The molecule has 2 aromatic carbocycles. The maximum Gasteiger partial charge on any atom is 0.261 e. The average molecular weight is 529 g/mol. The van der Waals surface area contributed by atoms with E-state index in [1.807, 2.05) is 0 Å². The second-order valence-corrected chi connectivity index (χ2v) is 9.63. The number of hydrogen-bond donors (Lipinski definition) is 3. The lowest BCUT2D eigenvalue weighted by atomic mass is 10.1. The minimum Gasteiger partial charge on any atom is -0.381 e. The van der Waals surface area contributed by atoms with Crippen molar-refractivity contribution in [3.8, 4) is 0 Å². The van der Waals surface area contributed by atoms with Gasteiger partial charge >= 0.3 is 0 Å². The van der Waals surface area contributed by atoms with E-state index in [-0.39, 0.29) is 26.3 Å². The van der Waals surface area contributed by atoms with Crippen LogP contribution in [0.5, 0.6) is 0 Å². The minimum absolute atomic E-state index is 0.0131. The SMILES string of the molecule is CC(C)(O)C(=O)Nc1ccc(S(=O)(=O)Nc2ccc(I)cc2Cl)cc1Cl. The minimum atomic E-state index is -3.93. The van der Waals surface area contributed by atoms with Crippen molar-refractivity contribution in [3.05, 3.63) is 50.0 Å². The highest BCUT2D eigenvalue weighted by atomic mass is 127. The van der Waals surface area contributed by atoms with E-state index in [0.29, 0.717) is 0 Å². The first kappa shape index (κ1) is 21.2. The molecule has 0 atom stereocenters. The molecule has 26 heavy (non-hydrogen) atoms. The molecule has 140 valence electrons. The molecule has 0 aliphatic heterocycles. The molecule has 0 spiro atoms. The summed E-state index contributed by atoms with van der Waals surface area (Å²) in [7, 11) is -3.93. The molecule has 1 amide bonds. The molecule has 0 aliphatic carbocycles. The quantitative estimate of drug-likeness (QED) is 0.509. The number of anilines is 2. The Labute approximate surface area is 175 Å². The van der Waals surface area contributed by atoms with Gasteiger partial charge in [0, 0.05) is 3.57 Å². The second kappa shape index (κ2) is 7.89. The lowest BCUT2D eigenvalue weighted by molar-refractivity contribution is -0.130. The molecular weight excluding hydrogens is 514 g/mol. The van der Waals surface area contributed by atoms with Crippen LogP contribution in [0.25, 0.3) is 0 Å². The normalized spacial score (nSPS) is 11.9. The summed E-state index contributed by atoms with van der Waals surface area (Å²) in [5, 5.41) is 12.4. The third-order valence-electron chi connectivity index (χ3n) is 3.23. The summed E-state index contributed by atoms with van der Waals surface area (Å²) < 4.78 is 28.3. The predicted octanol–water partition coefficient (Wildman–Crippen LogP) is 4.11. The molecule has 0 bridgehead atoms. The van der Waals surface area contributed by atoms with Crippen molar-refractivity contribution in [1.82, 2.24) is 0 Å². The molecule has 0 saturated heterocycles. The molecule has 0 fully saturated rings. The number of halogens is 3. The number of aliphatic hydroxyl groups is 1. The zero-order chi connectivity index (χ0) is 19.7. The van der Waals surface area contributed by atoms with E-state index in [2.05, 4.69) is 32.6 Å². The van der Waals surface area contributed by atoms with Gasteiger partial charge < -0.3 is 10.4 Å². The van der Waals surface area contributed by atoms with Crippen LogP contribution in [0.3, 0.4) is 0 Å². The van der Waals surface area contributed by atoms with E-state index in [1.54, 1.807) is 18.2 Å². The van der Waals surface area contributed by atoms with E-state index in [9.17, 15) is 18.3 Å². The topological polar surface area (TPSA) is 95.5 Å². The van der Waals surface area contributed by atoms with Crippen LogP contribution in [0.15, 0.2) is 41.3 Å². The average Bonchev–Trinajstić information content (AvgIpc) is 2.51. The van der Waals surface area contributed by atoms with Crippen LogP contribution >= 0.6 is 45.8 Å². The number of hydrogen-bond acceptors (Lipinski definition) is 4. The molecule has 3 N–H and O–H groups in total. The van der Waals surface area contributed by atoms with Crippen molar-refractivity contribution < 1.29 is 18.3 Å². The van der Waals surface area contributed by atoms with Crippen LogP contribution in [-0.4, -0.2) is 25.0 Å². The third kappa shape index (κ3) is 5.23. The maximum absolute atomic E-state index is 12.5. The number of carbonyl (C=O) groups is 1. The van der Waals surface area contributed by atoms with Gasteiger partial charge in [-0.1, -0.05) is 23.2 Å². The van der Waals surface area contributed by atoms with Crippen LogP contribution in [-0.2, 0) is 14.8 Å². The van der Waals surface area contributed by atoms with E-state index in [1.165, 1.54) is 32.0 Å². The fraction of sp³-hybridized carbons (Fsp3) is 0.188. The summed E-state index contributed by atoms with van der Waals surface area (Å²) >= 11 is 14.2. The first-order chi connectivity index (χ1) is 11.9. The Hall–Kier alpha value is -1.07. The number of amides is 1.